The number of rotatable bonds is 10. The van der Waals surface area contributed by atoms with Gasteiger partial charge in [-0.1, -0.05) is 84.9 Å². The van der Waals surface area contributed by atoms with Gasteiger partial charge in [-0.2, -0.15) is 0 Å². The summed E-state index contributed by atoms with van der Waals surface area (Å²) in [6, 6.07) is 27.0. The lowest BCUT2D eigenvalue weighted by Crippen LogP contribution is -2.30. The van der Waals surface area contributed by atoms with Crippen LogP contribution < -0.4 is 5.32 Å². The van der Waals surface area contributed by atoms with Crippen LogP contribution in [0.15, 0.2) is 84.9 Å². The van der Waals surface area contributed by atoms with E-state index in [0.717, 1.165) is 16.7 Å². The largest absolute Gasteiger partial charge is 0.456 e. The molecule has 0 saturated heterocycles. The van der Waals surface area contributed by atoms with Gasteiger partial charge in [-0.15, -0.1) is 0 Å². The van der Waals surface area contributed by atoms with Crippen LogP contribution in [0.5, 0.6) is 0 Å². The number of amides is 1. The number of Topliss-reactive ketones (excluding diaryl/α,β-unsaturated/α-hetero) is 1. The minimum atomic E-state index is -0.563. The van der Waals surface area contributed by atoms with Gasteiger partial charge in [0.1, 0.15) is 0 Å². The molecule has 3 aromatic rings. The van der Waals surface area contributed by atoms with Crippen LogP contribution in [0, 0.1) is 0 Å². The van der Waals surface area contributed by atoms with Crippen LogP contribution in [-0.2, 0) is 20.7 Å². The van der Waals surface area contributed by atoms with Crippen molar-refractivity contribution >= 4 is 17.7 Å². The Morgan fingerprint density at radius 1 is 0.710 bits per heavy atom. The van der Waals surface area contributed by atoms with E-state index in [9.17, 15) is 14.4 Å². The Bertz CT molecular complexity index is 999. The van der Waals surface area contributed by atoms with Crippen molar-refractivity contribution < 1.29 is 19.1 Å². The highest BCUT2D eigenvalue weighted by Crippen LogP contribution is 2.20. The monoisotopic (exact) mass is 415 g/mol. The Kier molecular flexibility index (Phi) is 8.12. The molecule has 1 amide bonds. The van der Waals surface area contributed by atoms with Gasteiger partial charge in [-0.3, -0.25) is 14.4 Å². The molecular weight excluding hydrogens is 390 g/mol. The van der Waals surface area contributed by atoms with Gasteiger partial charge in [0.25, 0.3) is 5.91 Å². The smallest absolute Gasteiger partial charge is 0.306 e. The molecule has 0 heterocycles. The Balaban J connectivity index is 1.35. The lowest BCUT2D eigenvalue weighted by molar-refractivity contribution is -0.148. The third kappa shape index (κ3) is 7.23. The first kappa shape index (κ1) is 22.0. The summed E-state index contributed by atoms with van der Waals surface area (Å²) >= 11 is 0. The zero-order chi connectivity index (χ0) is 21.9. The first-order valence-electron chi connectivity index (χ1n) is 10.3. The molecule has 1 N–H and O–H groups in total. The minimum absolute atomic E-state index is 0.0408. The number of carbonyl (C=O) groups excluding carboxylic acids is 3. The lowest BCUT2D eigenvalue weighted by atomic mass is 10.0. The molecule has 31 heavy (non-hydrogen) atoms. The van der Waals surface area contributed by atoms with Crippen molar-refractivity contribution in [1.29, 1.82) is 0 Å². The average molecular weight is 415 g/mol. The van der Waals surface area contributed by atoms with Crippen molar-refractivity contribution in [1.82, 2.24) is 5.32 Å². The van der Waals surface area contributed by atoms with Crippen molar-refractivity contribution in [3.05, 3.63) is 96.1 Å². The molecule has 3 rings (SSSR count). The fraction of sp³-hybridized carbons (Fsp3) is 0.192. The van der Waals surface area contributed by atoms with Crippen LogP contribution >= 0.6 is 0 Å². The molecule has 3 aromatic carbocycles. The number of hydrogen-bond acceptors (Lipinski definition) is 4. The maximum absolute atomic E-state index is 12.3. The number of nitrogens with one attached hydrogen (secondary N) is 1. The van der Waals surface area contributed by atoms with Crippen molar-refractivity contribution in [2.24, 2.45) is 0 Å². The zero-order valence-electron chi connectivity index (χ0n) is 17.3. The molecule has 0 fully saturated rings. The first-order chi connectivity index (χ1) is 15.1. The van der Waals surface area contributed by atoms with Gasteiger partial charge in [0, 0.05) is 18.5 Å². The van der Waals surface area contributed by atoms with Crippen LogP contribution in [0.3, 0.4) is 0 Å². The molecule has 0 atom stereocenters. The van der Waals surface area contributed by atoms with E-state index >= 15 is 0 Å². The van der Waals surface area contributed by atoms with E-state index in [4.69, 9.17) is 4.74 Å². The highest BCUT2D eigenvalue weighted by molar-refractivity contribution is 5.98. The third-order valence-electron chi connectivity index (χ3n) is 4.81. The van der Waals surface area contributed by atoms with Gasteiger partial charge in [0.15, 0.2) is 12.4 Å². The van der Waals surface area contributed by atoms with Crippen LogP contribution in [-0.4, -0.2) is 30.8 Å². The highest BCUT2D eigenvalue weighted by Gasteiger charge is 2.12. The van der Waals surface area contributed by atoms with Crippen LogP contribution in [0.25, 0.3) is 11.1 Å². The molecule has 0 unspecified atom stereocenters. The minimum Gasteiger partial charge on any atom is -0.456 e. The van der Waals surface area contributed by atoms with Gasteiger partial charge in [0.05, 0.1) is 6.42 Å². The van der Waals surface area contributed by atoms with Crippen LogP contribution in [0.4, 0.5) is 0 Å². The summed E-state index contributed by atoms with van der Waals surface area (Å²) in [5.74, 6) is -1.05. The summed E-state index contributed by atoms with van der Waals surface area (Å²) in [6.45, 7) is 0.130. The van der Waals surface area contributed by atoms with Gasteiger partial charge < -0.3 is 10.1 Å². The SMILES string of the molecule is O=C(COC(=O)CCC(=O)c1ccc(-c2ccccc2)cc1)NCCc1ccccc1. The first-order valence-corrected chi connectivity index (χ1v) is 10.3. The van der Waals surface area contributed by atoms with E-state index in [-0.39, 0.29) is 31.1 Å². The van der Waals surface area contributed by atoms with Crippen molar-refractivity contribution in [3.8, 4) is 11.1 Å². The van der Waals surface area contributed by atoms with E-state index in [1.54, 1.807) is 12.1 Å². The number of carbonyl (C=O) groups is 3. The third-order valence-corrected chi connectivity index (χ3v) is 4.81. The molecule has 0 bridgehead atoms. The molecule has 0 aliphatic heterocycles. The maximum Gasteiger partial charge on any atom is 0.306 e. The summed E-state index contributed by atoms with van der Waals surface area (Å²) < 4.78 is 4.97. The van der Waals surface area contributed by atoms with E-state index < -0.39 is 5.97 Å². The summed E-state index contributed by atoms with van der Waals surface area (Å²) in [5.41, 5.74) is 3.77. The molecular formula is C26H25NO4. The number of ether oxygens (including phenoxy) is 1. The van der Waals surface area contributed by atoms with Crippen molar-refractivity contribution in [3.63, 3.8) is 0 Å². The molecule has 0 spiro atoms. The Hall–Kier alpha value is -3.73. The molecule has 0 aromatic heterocycles. The highest BCUT2D eigenvalue weighted by atomic mass is 16.5. The van der Waals surface area contributed by atoms with E-state index in [0.29, 0.717) is 18.5 Å². The number of hydrogen-bond donors (Lipinski definition) is 1. The van der Waals surface area contributed by atoms with E-state index in [2.05, 4.69) is 5.32 Å². The summed E-state index contributed by atoms with van der Waals surface area (Å²) in [4.78, 5) is 36.0. The second-order valence-corrected chi connectivity index (χ2v) is 7.11. The fourth-order valence-electron chi connectivity index (χ4n) is 3.10. The summed E-state index contributed by atoms with van der Waals surface area (Å²) in [6.07, 6.45) is 0.688. The average Bonchev–Trinajstić information content (AvgIpc) is 2.82. The van der Waals surface area contributed by atoms with Crippen LogP contribution in [0.1, 0.15) is 28.8 Å². The topological polar surface area (TPSA) is 72.5 Å². The Morgan fingerprint density at radius 2 is 1.32 bits per heavy atom. The summed E-state index contributed by atoms with van der Waals surface area (Å²) in [7, 11) is 0. The normalized spacial score (nSPS) is 10.3. The summed E-state index contributed by atoms with van der Waals surface area (Å²) in [5, 5.41) is 2.71. The standard InChI is InChI=1S/C26H25NO4/c28-24(23-13-11-22(12-14-23)21-9-5-2-6-10-21)15-16-26(30)31-19-25(29)27-18-17-20-7-3-1-4-8-20/h1-14H,15-19H2,(H,27,29). The second kappa shape index (κ2) is 11.5. The molecule has 0 aliphatic carbocycles. The van der Waals surface area contributed by atoms with E-state index in [1.165, 1.54) is 0 Å². The fourth-order valence-corrected chi connectivity index (χ4v) is 3.10. The second-order valence-electron chi connectivity index (χ2n) is 7.11. The van der Waals surface area contributed by atoms with Crippen molar-refractivity contribution in [2.75, 3.05) is 13.2 Å². The van der Waals surface area contributed by atoms with Gasteiger partial charge in [-0.25, -0.2) is 0 Å². The number of benzene rings is 3. The molecule has 0 radical (unpaired) electrons. The lowest BCUT2D eigenvalue weighted by Gasteiger charge is -2.07. The maximum atomic E-state index is 12.3. The Morgan fingerprint density at radius 3 is 2.00 bits per heavy atom. The van der Waals surface area contributed by atoms with Crippen LogP contribution in [0.2, 0.25) is 0 Å². The molecule has 0 aliphatic rings. The quantitative estimate of drug-likeness (QED) is 0.398. The van der Waals surface area contributed by atoms with Crippen molar-refractivity contribution in [2.45, 2.75) is 19.3 Å². The Labute approximate surface area is 182 Å². The van der Waals surface area contributed by atoms with Gasteiger partial charge >= 0.3 is 5.97 Å². The molecule has 158 valence electrons. The van der Waals surface area contributed by atoms with Gasteiger partial charge in [0.2, 0.25) is 0 Å². The van der Waals surface area contributed by atoms with Gasteiger partial charge in [-0.05, 0) is 23.1 Å². The molecule has 5 nitrogen and oxygen atoms in total. The number of esters is 1. The predicted octanol–water partition coefficient (Wildman–Crippen LogP) is 4.22. The zero-order valence-corrected chi connectivity index (χ0v) is 17.3. The molecule has 5 heteroatoms. The number of ketones is 1. The molecule has 0 saturated carbocycles. The predicted molar refractivity (Wildman–Crippen MR) is 120 cm³/mol. The van der Waals surface area contributed by atoms with E-state index in [1.807, 2.05) is 72.8 Å².